The van der Waals surface area contributed by atoms with Gasteiger partial charge in [0.05, 0.1) is 6.54 Å². The molecule has 0 spiro atoms. The van der Waals surface area contributed by atoms with Gasteiger partial charge >= 0.3 is 0 Å². The van der Waals surface area contributed by atoms with E-state index in [1.54, 1.807) is 6.92 Å². The van der Waals surface area contributed by atoms with Crippen molar-refractivity contribution in [2.45, 2.75) is 26.8 Å². The number of nitrogens with zero attached hydrogens (tertiary/aromatic N) is 4. The molecule has 2 aromatic rings. The van der Waals surface area contributed by atoms with Crippen LogP contribution in [0.2, 0.25) is 0 Å². The Labute approximate surface area is 113 Å². The second-order valence-corrected chi connectivity index (χ2v) is 4.73. The van der Waals surface area contributed by atoms with Gasteiger partial charge in [0.2, 0.25) is 16.0 Å². The minimum absolute atomic E-state index is 0.202. The van der Waals surface area contributed by atoms with Crippen LogP contribution < -0.4 is 10.6 Å². The SMILES string of the molecule is CCCNc1nnc(C(=O)NCc2noc(C)n2)s1. The van der Waals surface area contributed by atoms with Crippen LogP contribution in [-0.2, 0) is 6.54 Å². The highest BCUT2D eigenvalue weighted by Gasteiger charge is 2.13. The summed E-state index contributed by atoms with van der Waals surface area (Å²) in [5.41, 5.74) is 0. The van der Waals surface area contributed by atoms with Crippen LogP contribution in [0.25, 0.3) is 0 Å². The Morgan fingerprint density at radius 1 is 1.42 bits per heavy atom. The fourth-order valence-corrected chi connectivity index (χ4v) is 1.95. The Kier molecular flexibility index (Phi) is 4.39. The third kappa shape index (κ3) is 3.71. The number of rotatable bonds is 6. The molecule has 0 fully saturated rings. The van der Waals surface area contributed by atoms with Crippen molar-refractivity contribution in [3.05, 3.63) is 16.7 Å². The van der Waals surface area contributed by atoms with Gasteiger partial charge in [0.1, 0.15) is 0 Å². The summed E-state index contributed by atoms with van der Waals surface area (Å²) in [5.74, 6) is 0.593. The standard InChI is InChI=1S/C10H14N6O2S/c1-3-4-11-10-15-14-9(19-10)8(17)12-5-7-13-6(2)18-16-7/h3-5H2,1-2H3,(H,11,15)(H,12,17). The molecule has 0 aromatic carbocycles. The largest absolute Gasteiger partial charge is 0.360 e. The first-order chi connectivity index (χ1) is 9.19. The molecule has 1 amide bonds. The predicted octanol–water partition coefficient (Wildman–Crippen LogP) is 0.981. The van der Waals surface area contributed by atoms with Crippen LogP contribution in [-0.4, -0.2) is 32.8 Å². The van der Waals surface area contributed by atoms with Crippen molar-refractivity contribution in [3.63, 3.8) is 0 Å². The van der Waals surface area contributed by atoms with Crippen molar-refractivity contribution in [3.8, 4) is 0 Å². The maximum Gasteiger partial charge on any atom is 0.282 e. The molecule has 9 heteroatoms. The van der Waals surface area contributed by atoms with Crippen LogP contribution in [0.3, 0.4) is 0 Å². The molecule has 2 rings (SSSR count). The predicted molar refractivity (Wildman–Crippen MR) is 68.9 cm³/mol. The highest BCUT2D eigenvalue weighted by atomic mass is 32.1. The molecule has 0 aliphatic heterocycles. The summed E-state index contributed by atoms with van der Waals surface area (Å²) in [5, 5.41) is 18.0. The topological polar surface area (TPSA) is 106 Å². The Morgan fingerprint density at radius 3 is 2.95 bits per heavy atom. The van der Waals surface area contributed by atoms with Crippen molar-refractivity contribution in [2.75, 3.05) is 11.9 Å². The van der Waals surface area contributed by atoms with E-state index in [0.717, 1.165) is 13.0 Å². The first-order valence-corrected chi connectivity index (χ1v) is 6.65. The normalized spacial score (nSPS) is 10.4. The maximum absolute atomic E-state index is 11.8. The summed E-state index contributed by atoms with van der Waals surface area (Å²) in [6.07, 6.45) is 0.984. The minimum Gasteiger partial charge on any atom is -0.360 e. The molecule has 0 atom stereocenters. The molecule has 2 aromatic heterocycles. The first-order valence-electron chi connectivity index (χ1n) is 5.83. The monoisotopic (exact) mass is 282 g/mol. The molecular weight excluding hydrogens is 268 g/mol. The van der Waals surface area contributed by atoms with Crippen LogP contribution in [0.15, 0.2) is 4.52 Å². The molecule has 102 valence electrons. The number of nitrogens with one attached hydrogen (secondary N) is 2. The molecule has 0 bridgehead atoms. The van der Waals surface area contributed by atoms with Gasteiger partial charge in [-0.1, -0.05) is 23.4 Å². The quantitative estimate of drug-likeness (QED) is 0.813. The van der Waals surface area contributed by atoms with Gasteiger partial charge in [-0.2, -0.15) is 4.98 Å². The van der Waals surface area contributed by atoms with E-state index in [0.29, 0.717) is 21.9 Å². The number of anilines is 1. The minimum atomic E-state index is -0.301. The Morgan fingerprint density at radius 2 is 2.26 bits per heavy atom. The first kappa shape index (κ1) is 13.4. The van der Waals surface area contributed by atoms with Crippen molar-refractivity contribution < 1.29 is 9.32 Å². The molecule has 0 aliphatic rings. The Balaban J connectivity index is 1.87. The fourth-order valence-electron chi connectivity index (χ4n) is 1.27. The highest BCUT2D eigenvalue weighted by Crippen LogP contribution is 2.14. The lowest BCUT2D eigenvalue weighted by atomic mass is 10.5. The van der Waals surface area contributed by atoms with Crippen LogP contribution in [0.4, 0.5) is 5.13 Å². The van der Waals surface area contributed by atoms with Gasteiger partial charge in [0, 0.05) is 13.5 Å². The molecule has 2 N–H and O–H groups in total. The van der Waals surface area contributed by atoms with E-state index in [-0.39, 0.29) is 12.5 Å². The summed E-state index contributed by atoms with van der Waals surface area (Å²) < 4.78 is 4.80. The number of amides is 1. The zero-order chi connectivity index (χ0) is 13.7. The zero-order valence-corrected chi connectivity index (χ0v) is 11.5. The summed E-state index contributed by atoms with van der Waals surface area (Å²) in [4.78, 5) is 15.8. The molecule has 0 radical (unpaired) electrons. The van der Waals surface area contributed by atoms with E-state index in [1.165, 1.54) is 11.3 Å². The Hall–Kier alpha value is -2.03. The van der Waals surface area contributed by atoms with Crippen molar-refractivity contribution in [1.29, 1.82) is 0 Å². The lowest BCUT2D eigenvalue weighted by Crippen LogP contribution is -2.23. The number of hydrogen-bond donors (Lipinski definition) is 2. The van der Waals surface area contributed by atoms with Gasteiger partial charge < -0.3 is 15.2 Å². The summed E-state index contributed by atoms with van der Waals surface area (Å²) in [7, 11) is 0. The van der Waals surface area contributed by atoms with Crippen LogP contribution in [0.1, 0.15) is 34.9 Å². The third-order valence-electron chi connectivity index (χ3n) is 2.12. The number of aryl methyl sites for hydroxylation is 1. The van der Waals surface area contributed by atoms with E-state index in [4.69, 9.17) is 4.52 Å². The molecule has 0 aliphatic carbocycles. The summed E-state index contributed by atoms with van der Waals surface area (Å²) in [6, 6.07) is 0. The van der Waals surface area contributed by atoms with E-state index < -0.39 is 0 Å². The Bertz CT molecular complexity index is 552. The van der Waals surface area contributed by atoms with Crippen molar-refractivity contribution >= 4 is 22.4 Å². The van der Waals surface area contributed by atoms with E-state index in [9.17, 15) is 4.79 Å². The van der Waals surface area contributed by atoms with Gasteiger partial charge in [-0.3, -0.25) is 4.79 Å². The second-order valence-electron chi connectivity index (χ2n) is 3.75. The van der Waals surface area contributed by atoms with Crippen LogP contribution >= 0.6 is 11.3 Å². The van der Waals surface area contributed by atoms with Crippen LogP contribution in [0.5, 0.6) is 0 Å². The van der Waals surface area contributed by atoms with Gasteiger partial charge in [0.25, 0.3) is 5.91 Å². The number of hydrogen-bond acceptors (Lipinski definition) is 8. The molecule has 8 nitrogen and oxygen atoms in total. The van der Waals surface area contributed by atoms with Crippen LogP contribution in [0, 0.1) is 6.92 Å². The van der Waals surface area contributed by atoms with Gasteiger partial charge in [-0.25, -0.2) is 0 Å². The molecule has 0 saturated carbocycles. The van der Waals surface area contributed by atoms with Crippen molar-refractivity contribution in [2.24, 2.45) is 0 Å². The van der Waals surface area contributed by atoms with Gasteiger partial charge in [-0.15, -0.1) is 10.2 Å². The van der Waals surface area contributed by atoms with Gasteiger partial charge in [-0.05, 0) is 6.42 Å². The van der Waals surface area contributed by atoms with E-state index >= 15 is 0 Å². The highest BCUT2D eigenvalue weighted by molar-refractivity contribution is 7.17. The average molecular weight is 282 g/mol. The molecular formula is C10H14N6O2S. The summed E-state index contributed by atoms with van der Waals surface area (Å²) >= 11 is 1.21. The molecule has 2 heterocycles. The molecule has 0 unspecified atom stereocenters. The third-order valence-corrected chi connectivity index (χ3v) is 3.00. The average Bonchev–Trinajstić information content (AvgIpc) is 3.02. The van der Waals surface area contributed by atoms with Gasteiger partial charge in [0.15, 0.2) is 5.82 Å². The number of carbonyl (C=O) groups is 1. The lowest BCUT2D eigenvalue weighted by Gasteiger charge is -1.97. The fraction of sp³-hybridized carbons (Fsp3) is 0.500. The summed E-state index contributed by atoms with van der Waals surface area (Å²) in [6.45, 7) is 4.75. The van der Waals surface area contributed by atoms with Crippen molar-refractivity contribution in [1.82, 2.24) is 25.7 Å². The maximum atomic E-state index is 11.8. The molecule has 19 heavy (non-hydrogen) atoms. The second kappa shape index (κ2) is 6.23. The number of carbonyl (C=O) groups excluding carboxylic acids is 1. The number of aromatic nitrogens is 4. The van der Waals surface area contributed by atoms with E-state index in [2.05, 4.69) is 37.9 Å². The lowest BCUT2D eigenvalue weighted by molar-refractivity contribution is 0.0948. The van der Waals surface area contributed by atoms with E-state index in [1.807, 2.05) is 0 Å². The zero-order valence-electron chi connectivity index (χ0n) is 10.6. The molecule has 0 saturated heterocycles. The smallest absolute Gasteiger partial charge is 0.282 e.